The maximum Gasteiger partial charge on any atom is 0.412 e. The summed E-state index contributed by atoms with van der Waals surface area (Å²) in [6.45, 7) is 5.12. The number of H-pyrrole nitrogens is 1. The number of aliphatic hydroxyl groups is 1. The Hall–Kier alpha value is -2.08. The van der Waals surface area contributed by atoms with E-state index in [1.165, 1.54) is 6.20 Å². The SMILES string of the molecule is CC(C)(C)OC(=O)Nc1c[nH]c2ccc(CCO)c(F)c12. The molecule has 5 nitrogen and oxygen atoms in total. The summed E-state index contributed by atoms with van der Waals surface area (Å²) in [6.07, 6.45) is 1.09. The van der Waals surface area contributed by atoms with Crippen LogP contribution in [0.4, 0.5) is 14.9 Å². The van der Waals surface area contributed by atoms with Gasteiger partial charge in [-0.15, -0.1) is 0 Å². The number of benzene rings is 1. The van der Waals surface area contributed by atoms with Gasteiger partial charge in [0, 0.05) is 12.8 Å². The summed E-state index contributed by atoms with van der Waals surface area (Å²) < 4.78 is 19.6. The van der Waals surface area contributed by atoms with E-state index in [4.69, 9.17) is 9.84 Å². The van der Waals surface area contributed by atoms with Gasteiger partial charge in [0.15, 0.2) is 0 Å². The average Bonchev–Trinajstić information content (AvgIpc) is 2.74. The second-order valence-electron chi connectivity index (χ2n) is 5.76. The number of carbonyl (C=O) groups excluding carboxylic acids is 1. The zero-order valence-electron chi connectivity index (χ0n) is 12.3. The first-order chi connectivity index (χ1) is 9.81. The van der Waals surface area contributed by atoms with Crippen molar-refractivity contribution < 1.29 is 19.0 Å². The Labute approximate surface area is 122 Å². The number of fused-ring (bicyclic) bond motifs is 1. The molecule has 21 heavy (non-hydrogen) atoms. The predicted molar refractivity (Wildman–Crippen MR) is 78.9 cm³/mol. The molecule has 0 aliphatic heterocycles. The van der Waals surface area contributed by atoms with Crippen molar-refractivity contribution in [3.63, 3.8) is 0 Å². The maximum atomic E-state index is 14.4. The number of ether oxygens (including phenoxy) is 1. The highest BCUT2D eigenvalue weighted by molar-refractivity contribution is 6.00. The van der Waals surface area contributed by atoms with Gasteiger partial charge in [0.1, 0.15) is 11.4 Å². The van der Waals surface area contributed by atoms with Crippen molar-refractivity contribution in [2.45, 2.75) is 32.8 Å². The van der Waals surface area contributed by atoms with Gasteiger partial charge in [-0.1, -0.05) is 6.07 Å². The second kappa shape index (κ2) is 5.73. The Balaban J connectivity index is 2.32. The number of hydrogen-bond donors (Lipinski definition) is 3. The third-order valence-electron chi connectivity index (χ3n) is 2.88. The summed E-state index contributed by atoms with van der Waals surface area (Å²) in [5.74, 6) is -0.450. The zero-order chi connectivity index (χ0) is 15.6. The van der Waals surface area contributed by atoms with E-state index < -0.39 is 17.5 Å². The van der Waals surface area contributed by atoms with E-state index in [0.29, 0.717) is 16.8 Å². The quantitative estimate of drug-likeness (QED) is 0.814. The summed E-state index contributed by atoms with van der Waals surface area (Å²) in [6, 6.07) is 3.32. The van der Waals surface area contributed by atoms with E-state index in [1.54, 1.807) is 32.9 Å². The van der Waals surface area contributed by atoms with Crippen LogP contribution in [0.2, 0.25) is 0 Å². The third-order valence-corrected chi connectivity index (χ3v) is 2.88. The first-order valence-corrected chi connectivity index (χ1v) is 6.71. The van der Waals surface area contributed by atoms with Crippen LogP contribution in [0, 0.1) is 5.82 Å². The number of halogens is 1. The van der Waals surface area contributed by atoms with Crippen LogP contribution in [0.1, 0.15) is 26.3 Å². The van der Waals surface area contributed by atoms with Crippen LogP contribution < -0.4 is 5.32 Å². The van der Waals surface area contributed by atoms with Crippen LogP contribution in [0.15, 0.2) is 18.3 Å². The summed E-state index contributed by atoms with van der Waals surface area (Å²) in [7, 11) is 0. The molecule has 0 unspecified atom stereocenters. The van der Waals surface area contributed by atoms with Gasteiger partial charge in [-0.05, 0) is 38.8 Å². The minimum absolute atomic E-state index is 0.137. The first-order valence-electron chi connectivity index (χ1n) is 6.71. The molecule has 6 heteroatoms. The lowest BCUT2D eigenvalue weighted by atomic mass is 10.1. The summed E-state index contributed by atoms with van der Waals surface area (Å²) in [5, 5.41) is 11.8. The minimum atomic E-state index is -0.643. The van der Waals surface area contributed by atoms with Gasteiger partial charge in [0.25, 0.3) is 0 Å². The number of hydrogen-bond acceptors (Lipinski definition) is 3. The first kappa shape index (κ1) is 15.3. The molecule has 1 aromatic heterocycles. The van der Waals surface area contributed by atoms with Crippen molar-refractivity contribution in [3.8, 4) is 0 Å². The molecule has 1 aromatic carbocycles. The van der Waals surface area contributed by atoms with Gasteiger partial charge in [-0.3, -0.25) is 5.32 Å². The molecule has 0 bridgehead atoms. The van der Waals surface area contributed by atoms with Gasteiger partial charge >= 0.3 is 6.09 Å². The number of carbonyl (C=O) groups is 1. The molecule has 0 aliphatic carbocycles. The molecule has 0 saturated carbocycles. The molecule has 0 spiro atoms. The number of aromatic nitrogens is 1. The highest BCUT2D eigenvalue weighted by atomic mass is 19.1. The third kappa shape index (κ3) is 3.52. The van der Waals surface area contributed by atoms with E-state index in [1.807, 2.05) is 0 Å². The monoisotopic (exact) mass is 294 g/mol. The maximum absolute atomic E-state index is 14.4. The number of aromatic amines is 1. The largest absolute Gasteiger partial charge is 0.444 e. The summed E-state index contributed by atoms with van der Waals surface area (Å²) in [5.41, 5.74) is 0.658. The molecule has 0 radical (unpaired) electrons. The molecule has 0 saturated heterocycles. The second-order valence-corrected chi connectivity index (χ2v) is 5.76. The molecule has 1 heterocycles. The Morgan fingerprint density at radius 2 is 2.14 bits per heavy atom. The number of amides is 1. The smallest absolute Gasteiger partial charge is 0.412 e. The summed E-state index contributed by atoms with van der Waals surface area (Å²) >= 11 is 0. The molecule has 0 aliphatic rings. The molecular weight excluding hydrogens is 275 g/mol. The lowest BCUT2D eigenvalue weighted by Gasteiger charge is -2.19. The van der Waals surface area contributed by atoms with Crippen LogP contribution in [0.3, 0.4) is 0 Å². The highest BCUT2D eigenvalue weighted by Crippen LogP contribution is 2.28. The van der Waals surface area contributed by atoms with E-state index in [0.717, 1.165) is 0 Å². The van der Waals surface area contributed by atoms with Crippen LogP contribution in [-0.4, -0.2) is 28.4 Å². The van der Waals surface area contributed by atoms with Gasteiger partial charge in [0.2, 0.25) is 0 Å². The normalized spacial score (nSPS) is 11.7. The highest BCUT2D eigenvalue weighted by Gasteiger charge is 2.19. The van der Waals surface area contributed by atoms with E-state index in [-0.39, 0.29) is 18.4 Å². The predicted octanol–water partition coefficient (Wildman–Crippen LogP) is 3.19. The Kier molecular flexibility index (Phi) is 4.18. The van der Waals surface area contributed by atoms with Crippen LogP contribution in [-0.2, 0) is 11.2 Å². The van der Waals surface area contributed by atoms with Gasteiger partial charge < -0.3 is 14.8 Å². The van der Waals surface area contributed by atoms with Crippen LogP contribution >= 0.6 is 0 Å². The molecule has 3 N–H and O–H groups in total. The fraction of sp³-hybridized carbons (Fsp3) is 0.400. The Morgan fingerprint density at radius 1 is 1.43 bits per heavy atom. The summed E-state index contributed by atoms with van der Waals surface area (Å²) in [4.78, 5) is 14.7. The molecule has 0 fully saturated rings. The van der Waals surface area contributed by atoms with E-state index >= 15 is 0 Å². The fourth-order valence-electron chi connectivity index (χ4n) is 2.05. The van der Waals surface area contributed by atoms with Crippen LogP contribution in [0.25, 0.3) is 10.9 Å². The topological polar surface area (TPSA) is 74.3 Å². The number of aliphatic hydroxyl groups excluding tert-OH is 1. The Bertz CT molecular complexity index is 659. The molecule has 114 valence electrons. The van der Waals surface area contributed by atoms with Gasteiger partial charge in [-0.2, -0.15) is 0 Å². The standard InChI is InChI=1S/C15H19FN2O3/c1-15(2,3)21-14(20)18-11-8-17-10-5-4-9(6-7-19)13(16)12(10)11/h4-5,8,17,19H,6-7H2,1-3H3,(H,18,20). The molecule has 2 aromatic rings. The number of rotatable bonds is 3. The van der Waals surface area contributed by atoms with Crippen molar-refractivity contribution in [2.24, 2.45) is 0 Å². The fourth-order valence-corrected chi connectivity index (χ4v) is 2.05. The van der Waals surface area contributed by atoms with E-state index in [2.05, 4.69) is 10.3 Å². The van der Waals surface area contributed by atoms with Crippen molar-refractivity contribution >= 4 is 22.7 Å². The van der Waals surface area contributed by atoms with E-state index in [9.17, 15) is 9.18 Å². The molecule has 0 atom stereocenters. The van der Waals surface area contributed by atoms with Crippen molar-refractivity contribution in [1.29, 1.82) is 0 Å². The van der Waals surface area contributed by atoms with Gasteiger partial charge in [0.05, 0.1) is 16.6 Å². The van der Waals surface area contributed by atoms with Crippen molar-refractivity contribution in [2.75, 3.05) is 11.9 Å². The molecule has 1 amide bonds. The van der Waals surface area contributed by atoms with Gasteiger partial charge in [-0.25, -0.2) is 9.18 Å². The van der Waals surface area contributed by atoms with Crippen molar-refractivity contribution in [1.82, 2.24) is 4.98 Å². The Morgan fingerprint density at radius 3 is 2.76 bits per heavy atom. The molecular formula is C15H19FN2O3. The number of nitrogens with one attached hydrogen (secondary N) is 2. The lowest BCUT2D eigenvalue weighted by Crippen LogP contribution is -2.27. The average molecular weight is 294 g/mol. The zero-order valence-corrected chi connectivity index (χ0v) is 12.3. The number of anilines is 1. The molecule has 2 rings (SSSR count). The van der Waals surface area contributed by atoms with Crippen LogP contribution in [0.5, 0.6) is 0 Å². The minimum Gasteiger partial charge on any atom is -0.444 e. The van der Waals surface area contributed by atoms with Crippen molar-refractivity contribution in [3.05, 3.63) is 29.7 Å². The lowest BCUT2D eigenvalue weighted by molar-refractivity contribution is 0.0636.